The average molecular weight is 318 g/mol. The molecule has 24 heavy (non-hydrogen) atoms. The zero-order valence-electron chi connectivity index (χ0n) is 12.9. The number of carbonyl (C=O) groups excluding carboxylic acids is 1. The summed E-state index contributed by atoms with van der Waals surface area (Å²) in [4.78, 5) is 16.8. The van der Waals surface area contributed by atoms with E-state index in [4.69, 9.17) is 0 Å². The molecule has 0 spiro atoms. The summed E-state index contributed by atoms with van der Waals surface area (Å²) in [6.07, 6.45) is 6.75. The molecule has 4 aromatic rings. The lowest BCUT2D eigenvalue weighted by molar-refractivity contribution is 0.102. The molecule has 4 rings (SSSR count). The maximum atomic E-state index is 12.6. The second-order valence-electron chi connectivity index (χ2n) is 5.33. The number of aromatic nitrogens is 5. The number of benzene rings is 1. The SMILES string of the molecule is Cn1cc(-c2ccccc2)c(NC(=O)c2cnn3cccnc23)n1. The van der Waals surface area contributed by atoms with Gasteiger partial charge in [0.15, 0.2) is 11.5 Å². The lowest BCUT2D eigenvalue weighted by atomic mass is 10.1. The van der Waals surface area contributed by atoms with E-state index in [1.807, 2.05) is 43.6 Å². The smallest absolute Gasteiger partial charge is 0.262 e. The van der Waals surface area contributed by atoms with E-state index in [-0.39, 0.29) is 5.91 Å². The Labute approximate surface area is 137 Å². The highest BCUT2D eigenvalue weighted by atomic mass is 16.1. The van der Waals surface area contributed by atoms with Crippen LogP contribution in [0, 0.1) is 0 Å². The summed E-state index contributed by atoms with van der Waals surface area (Å²) in [7, 11) is 1.82. The van der Waals surface area contributed by atoms with Gasteiger partial charge in [-0.3, -0.25) is 9.48 Å². The lowest BCUT2D eigenvalue weighted by Crippen LogP contribution is -2.13. The Morgan fingerprint density at radius 1 is 1.17 bits per heavy atom. The van der Waals surface area contributed by atoms with Crippen LogP contribution >= 0.6 is 0 Å². The molecule has 0 aliphatic rings. The van der Waals surface area contributed by atoms with E-state index in [9.17, 15) is 4.79 Å². The van der Waals surface area contributed by atoms with Crippen LogP contribution in [0.25, 0.3) is 16.8 Å². The predicted molar refractivity (Wildman–Crippen MR) is 89.6 cm³/mol. The minimum Gasteiger partial charge on any atom is -0.304 e. The number of amides is 1. The van der Waals surface area contributed by atoms with Gasteiger partial charge in [0, 0.05) is 31.2 Å². The lowest BCUT2D eigenvalue weighted by Gasteiger charge is -2.04. The zero-order valence-corrected chi connectivity index (χ0v) is 12.9. The van der Waals surface area contributed by atoms with Gasteiger partial charge in [-0.05, 0) is 11.6 Å². The molecule has 118 valence electrons. The van der Waals surface area contributed by atoms with Crippen molar-refractivity contribution in [2.45, 2.75) is 0 Å². The summed E-state index contributed by atoms with van der Waals surface area (Å²) < 4.78 is 3.23. The molecule has 1 amide bonds. The fraction of sp³-hybridized carbons (Fsp3) is 0.0588. The van der Waals surface area contributed by atoms with E-state index in [1.165, 1.54) is 6.20 Å². The van der Waals surface area contributed by atoms with Crippen molar-refractivity contribution in [1.82, 2.24) is 24.4 Å². The number of fused-ring (bicyclic) bond motifs is 1. The van der Waals surface area contributed by atoms with Gasteiger partial charge in [-0.2, -0.15) is 10.2 Å². The first kappa shape index (κ1) is 14.1. The number of nitrogens with zero attached hydrogens (tertiary/aromatic N) is 5. The zero-order chi connectivity index (χ0) is 16.5. The van der Waals surface area contributed by atoms with Crippen LogP contribution in [0.4, 0.5) is 5.82 Å². The molecule has 0 fully saturated rings. The summed E-state index contributed by atoms with van der Waals surface area (Å²) in [5, 5.41) is 11.3. The van der Waals surface area contributed by atoms with Crippen molar-refractivity contribution in [2.75, 3.05) is 5.32 Å². The van der Waals surface area contributed by atoms with Gasteiger partial charge < -0.3 is 5.32 Å². The summed E-state index contributed by atoms with van der Waals surface area (Å²) in [6.45, 7) is 0. The topological polar surface area (TPSA) is 77.1 Å². The standard InChI is InChI=1S/C17H14N6O/c1-22-11-14(12-6-3-2-4-7-12)15(21-22)20-17(24)13-10-19-23-9-5-8-18-16(13)23/h2-11H,1H3,(H,20,21,24). The maximum Gasteiger partial charge on any atom is 0.262 e. The first-order valence-corrected chi connectivity index (χ1v) is 7.41. The molecule has 3 aromatic heterocycles. The third-order valence-electron chi connectivity index (χ3n) is 3.67. The van der Waals surface area contributed by atoms with Crippen LogP contribution in [0.3, 0.4) is 0 Å². The number of aryl methyl sites for hydroxylation is 1. The summed E-state index contributed by atoms with van der Waals surface area (Å²) in [5.74, 6) is 0.212. The normalized spacial score (nSPS) is 10.9. The quantitative estimate of drug-likeness (QED) is 0.629. The Hall–Kier alpha value is -3.48. The molecule has 0 bridgehead atoms. The Morgan fingerprint density at radius 3 is 2.83 bits per heavy atom. The maximum absolute atomic E-state index is 12.6. The highest BCUT2D eigenvalue weighted by Crippen LogP contribution is 2.26. The Balaban J connectivity index is 1.70. The van der Waals surface area contributed by atoms with Crippen molar-refractivity contribution >= 4 is 17.4 Å². The summed E-state index contributed by atoms with van der Waals surface area (Å²) in [5.41, 5.74) is 2.75. The third kappa shape index (κ3) is 2.41. The predicted octanol–water partition coefficient (Wildman–Crippen LogP) is 2.38. The molecule has 0 saturated heterocycles. The molecule has 7 heteroatoms. The largest absolute Gasteiger partial charge is 0.304 e. The molecule has 0 saturated carbocycles. The van der Waals surface area contributed by atoms with E-state index in [2.05, 4.69) is 20.5 Å². The molecule has 0 aliphatic heterocycles. The van der Waals surface area contributed by atoms with Crippen LogP contribution in [0.5, 0.6) is 0 Å². The Kier molecular flexibility index (Phi) is 3.31. The van der Waals surface area contributed by atoms with E-state index < -0.39 is 0 Å². The fourth-order valence-electron chi connectivity index (χ4n) is 2.57. The second-order valence-corrected chi connectivity index (χ2v) is 5.33. The first-order valence-electron chi connectivity index (χ1n) is 7.41. The van der Waals surface area contributed by atoms with Gasteiger partial charge >= 0.3 is 0 Å². The molecule has 7 nitrogen and oxygen atoms in total. The van der Waals surface area contributed by atoms with Crippen LogP contribution < -0.4 is 5.32 Å². The van der Waals surface area contributed by atoms with E-state index in [0.29, 0.717) is 17.0 Å². The van der Waals surface area contributed by atoms with Crippen LogP contribution in [0.15, 0.2) is 61.2 Å². The van der Waals surface area contributed by atoms with Gasteiger partial charge in [0.25, 0.3) is 5.91 Å². The minimum atomic E-state index is -0.292. The van der Waals surface area contributed by atoms with E-state index in [1.54, 1.807) is 27.7 Å². The third-order valence-corrected chi connectivity index (χ3v) is 3.67. The summed E-state index contributed by atoms with van der Waals surface area (Å²) >= 11 is 0. The molecule has 0 aliphatic carbocycles. The number of carbonyl (C=O) groups is 1. The van der Waals surface area contributed by atoms with Crippen molar-refractivity contribution in [1.29, 1.82) is 0 Å². The number of anilines is 1. The molecule has 0 atom stereocenters. The number of nitrogens with one attached hydrogen (secondary N) is 1. The van der Waals surface area contributed by atoms with Crippen molar-refractivity contribution < 1.29 is 4.79 Å². The molecule has 3 heterocycles. The number of rotatable bonds is 3. The number of hydrogen-bond acceptors (Lipinski definition) is 4. The number of hydrogen-bond donors (Lipinski definition) is 1. The van der Waals surface area contributed by atoms with Gasteiger partial charge in [-0.25, -0.2) is 9.50 Å². The first-order chi connectivity index (χ1) is 11.7. The Bertz CT molecular complexity index is 1020. The fourth-order valence-corrected chi connectivity index (χ4v) is 2.57. The molecular weight excluding hydrogens is 304 g/mol. The van der Waals surface area contributed by atoms with Crippen molar-refractivity contribution in [3.8, 4) is 11.1 Å². The molecule has 1 N–H and O–H groups in total. The van der Waals surface area contributed by atoms with Gasteiger partial charge in [0.1, 0.15) is 5.56 Å². The van der Waals surface area contributed by atoms with E-state index >= 15 is 0 Å². The highest BCUT2D eigenvalue weighted by molar-refractivity contribution is 6.09. The van der Waals surface area contributed by atoms with Gasteiger partial charge in [-0.15, -0.1) is 0 Å². The Morgan fingerprint density at radius 2 is 2.00 bits per heavy atom. The highest BCUT2D eigenvalue weighted by Gasteiger charge is 2.17. The molecule has 0 radical (unpaired) electrons. The van der Waals surface area contributed by atoms with Crippen LogP contribution in [0.1, 0.15) is 10.4 Å². The molecular formula is C17H14N6O. The van der Waals surface area contributed by atoms with E-state index in [0.717, 1.165) is 11.1 Å². The van der Waals surface area contributed by atoms with Crippen LogP contribution in [0.2, 0.25) is 0 Å². The summed E-state index contributed by atoms with van der Waals surface area (Å²) in [6, 6.07) is 11.6. The van der Waals surface area contributed by atoms with Crippen molar-refractivity contribution in [3.05, 3.63) is 66.7 Å². The van der Waals surface area contributed by atoms with Gasteiger partial charge in [0.2, 0.25) is 0 Å². The van der Waals surface area contributed by atoms with Crippen LogP contribution in [-0.2, 0) is 7.05 Å². The van der Waals surface area contributed by atoms with Gasteiger partial charge in [-0.1, -0.05) is 30.3 Å². The van der Waals surface area contributed by atoms with Crippen molar-refractivity contribution in [2.24, 2.45) is 7.05 Å². The molecule has 1 aromatic carbocycles. The monoisotopic (exact) mass is 318 g/mol. The van der Waals surface area contributed by atoms with Crippen molar-refractivity contribution in [3.63, 3.8) is 0 Å². The molecule has 0 unspecified atom stereocenters. The second kappa shape index (κ2) is 5.62. The van der Waals surface area contributed by atoms with Crippen LogP contribution in [-0.4, -0.2) is 30.3 Å². The van der Waals surface area contributed by atoms with Gasteiger partial charge in [0.05, 0.1) is 6.20 Å². The average Bonchev–Trinajstić information content (AvgIpc) is 3.19. The minimum absolute atomic E-state index is 0.292.